The van der Waals surface area contributed by atoms with Crippen molar-refractivity contribution in [1.29, 1.82) is 5.41 Å². The fourth-order valence-corrected chi connectivity index (χ4v) is 2.38. The Morgan fingerprint density at radius 3 is 2.84 bits per heavy atom. The molecule has 4 N–H and O–H groups in total. The highest BCUT2D eigenvalue weighted by Gasteiger charge is 2.21. The van der Waals surface area contributed by atoms with Crippen molar-refractivity contribution < 1.29 is 4.79 Å². The molecule has 1 aromatic rings. The van der Waals surface area contributed by atoms with Gasteiger partial charge in [0.05, 0.1) is 0 Å². The topological polar surface area (TPSA) is 82.2 Å². The first-order valence-corrected chi connectivity index (χ1v) is 6.59. The van der Waals surface area contributed by atoms with Crippen LogP contribution in [0.25, 0.3) is 0 Å². The van der Waals surface area contributed by atoms with Crippen LogP contribution in [0.5, 0.6) is 0 Å². The summed E-state index contributed by atoms with van der Waals surface area (Å²) in [6, 6.07) is 9.21. The van der Waals surface area contributed by atoms with E-state index in [1.165, 1.54) is 0 Å². The molecule has 0 unspecified atom stereocenters. The molecule has 1 heterocycles. The third-order valence-electron chi connectivity index (χ3n) is 3.45. The van der Waals surface area contributed by atoms with Gasteiger partial charge in [0.15, 0.2) is 5.96 Å². The first-order chi connectivity index (χ1) is 9.16. The van der Waals surface area contributed by atoms with Crippen molar-refractivity contribution >= 4 is 11.9 Å². The molecule has 19 heavy (non-hydrogen) atoms. The molecular weight excluding hydrogens is 240 g/mol. The predicted octanol–water partition coefficient (Wildman–Crippen LogP) is 1.02. The second-order valence-electron chi connectivity index (χ2n) is 4.92. The Hall–Kier alpha value is -2.04. The van der Waals surface area contributed by atoms with Crippen LogP contribution in [0.3, 0.4) is 0 Å². The molecule has 0 aliphatic carbocycles. The molecule has 5 heteroatoms. The molecule has 0 spiro atoms. The minimum Gasteiger partial charge on any atom is -0.370 e. The molecule has 2 rings (SSSR count). The average Bonchev–Trinajstić information content (AvgIpc) is 2.46. The van der Waals surface area contributed by atoms with E-state index in [1.807, 2.05) is 23.1 Å². The number of hydrogen-bond acceptors (Lipinski definition) is 2. The van der Waals surface area contributed by atoms with Gasteiger partial charge in [-0.2, -0.15) is 0 Å². The first-order valence-electron chi connectivity index (χ1n) is 6.59. The Morgan fingerprint density at radius 1 is 1.42 bits per heavy atom. The second kappa shape index (κ2) is 6.22. The molecule has 5 nitrogen and oxygen atoms in total. The van der Waals surface area contributed by atoms with Crippen LogP contribution >= 0.6 is 0 Å². The van der Waals surface area contributed by atoms with Gasteiger partial charge in [0, 0.05) is 25.2 Å². The lowest BCUT2D eigenvalue weighted by atomic mass is 9.98. The molecule has 1 atom stereocenters. The zero-order chi connectivity index (χ0) is 13.7. The fourth-order valence-electron chi connectivity index (χ4n) is 2.38. The van der Waals surface area contributed by atoms with Gasteiger partial charge in [-0.3, -0.25) is 10.2 Å². The second-order valence-corrected chi connectivity index (χ2v) is 4.92. The Bertz CT molecular complexity index is 446. The van der Waals surface area contributed by atoms with Crippen LogP contribution < -0.4 is 11.1 Å². The average molecular weight is 260 g/mol. The van der Waals surface area contributed by atoms with Crippen LogP contribution in [-0.4, -0.2) is 36.4 Å². The van der Waals surface area contributed by atoms with Crippen LogP contribution in [-0.2, 0) is 0 Å². The van der Waals surface area contributed by atoms with Crippen LogP contribution in [0.15, 0.2) is 30.3 Å². The van der Waals surface area contributed by atoms with Crippen molar-refractivity contribution in [3.63, 3.8) is 0 Å². The van der Waals surface area contributed by atoms with Crippen LogP contribution in [0.2, 0.25) is 0 Å². The Balaban J connectivity index is 1.82. The van der Waals surface area contributed by atoms with Crippen molar-refractivity contribution in [2.75, 3.05) is 19.6 Å². The van der Waals surface area contributed by atoms with Gasteiger partial charge < -0.3 is 16.0 Å². The van der Waals surface area contributed by atoms with E-state index in [9.17, 15) is 4.79 Å². The van der Waals surface area contributed by atoms with Crippen molar-refractivity contribution in [2.45, 2.75) is 12.8 Å². The van der Waals surface area contributed by atoms with E-state index >= 15 is 0 Å². The van der Waals surface area contributed by atoms with Crippen molar-refractivity contribution in [3.05, 3.63) is 35.9 Å². The maximum Gasteiger partial charge on any atom is 0.251 e. The van der Waals surface area contributed by atoms with Crippen molar-refractivity contribution in [3.8, 4) is 0 Å². The van der Waals surface area contributed by atoms with E-state index in [0.717, 1.165) is 25.9 Å². The number of hydrogen-bond donors (Lipinski definition) is 3. The van der Waals surface area contributed by atoms with Gasteiger partial charge in [0.25, 0.3) is 5.91 Å². The summed E-state index contributed by atoms with van der Waals surface area (Å²) < 4.78 is 0. The number of benzene rings is 1. The van der Waals surface area contributed by atoms with Gasteiger partial charge in [0.1, 0.15) is 0 Å². The zero-order valence-electron chi connectivity index (χ0n) is 10.9. The molecule has 0 saturated carbocycles. The summed E-state index contributed by atoms with van der Waals surface area (Å²) in [6.45, 7) is 2.24. The summed E-state index contributed by atoms with van der Waals surface area (Å²) in [5.74, 6) is 0.449. The molecule has 1 aromatic carbocycles. The normalized spacial score (nSPS) is 18.9. The summed E-state index contributed by atoms with van der Waals surface area (Å²) in [5, 5.41) is 10.4. The lowest BCUT2D eigenvalue weighted by Gasteiger charge is -2.32. The number of nitrogens with zero attached hydrogens (tertiary/aromatic N) is 1. The zero-order valence-corrected chi connectivity index (χ0v) is 10.9. The number of carbonyl (C=O) groups is 1. The minimum absolute atomic E-state index is 0.0412. The molecule has 1 saturated heterocycles. The van der Waals surface area contributed by atoms with Gasteiger partial charge in [-0.15, -0.1) is 0 Å². The number of guanidine groups is 1. The Labute approximate surface area is 113 Å². The monoisotopic (exact) mass is 260 g/mol. The van der Waals surface area contributed by atoms with Gasteiger partial charge in [-0.25, -0.2) is 0 Å². The lowest BCUT2D eigenvalue weighted by molar-refractivity contribution is 0.0940. The fraction of sp³-hybridized carbons (Fsp3) is 0.429. The molecule has 0 radical (unpaired) electrons. The van der Waals surface area contributed by atoms with E-state index in [-0.39, 0.29) is 11.9 Å². The molecule has 102 valence electrons. The summed E-state index contributed by atoms with van der Waals surface area (Å²) >= 11 is 0. The Kier molecular flexibility index (Phi) is 4.39. The van der Waals surface area contributed by atoms with E-state index < -0.39 is 0 Å². The molecule has 1 aliphatic rings. The van der Waals surface area contributed by atoms with Gasteiger partial charge >= 0.3 is 0 Å². The minimum atomic E-state index is -0.0412. The third kappa shape index (κ3) is 3.71. The third-order valence-corrected chi connectivity index (χ3v) is 3.45. The van der Waals surface area contributed by atoms with Crippen LogP contribution in [0.4, 0.5) is 0 Å². The number of piperidine rings is 1. The molecule has 1 fully saturated rings. The lowest BCUT2D eigenvalue weighted by Crippen LogP contribution is -2.46. The van der Waals surface area contributed by atoms with Gasteiger partial charge in [-0.1, -0.05) is 18.2 Å². The maximum absolute atomic E-state index is 11.9. The van der Waals surface area contributed by atoms with Gasteiger partial charge in [-0.05, 0) is 30.9 Å². The number of rotatable bonds is 3. The summed E-state index contributed by atoms with van der Waals surface area (Å²) in [5.41, 5.74) is 6.18. The Morgan fingerprint density at radius 2 is 2.16 bits per heavy atom. The summed E-state index contributed by atoms with van der Waals surface area (Å²) in [7, 11) is 0. The molecule has 1 aliphatic heterocycles. The smallest absolute Gasteiger partial charge is 0.251 e. The number of carbonyl (C=O) groups excluding carboxylic acids is 1. The van der Waals surface area contributed by atoms with E-state index in [2.05, 4.69) is 5.32 Å². The van der Waals surface area contributed by atoms with Crippen molar-refractivity contribution in [2.24, 2.45) is 11.7 Å². The maximum atomic E-state index is 11.9. The first kappa shape index (κ1) is 13.4. The summed E-state index contributed by atoms with van der Waals surface area (Å²) in [4.78, 5) is 13.8. The molecule has 1 amide bonds. The highest BCUT2D eigenvalue weighted by atomic mass is 16.1. The van der Waals surface area contributed by atoms with E-state index in [4.69, 9.17) is 11.1 Å². The number of likely N-dealkylation sites (tertiary alicyclic amines) is 1. The number of nitrogens with one attached hydrogen (secondary N) is 2. The van der Waals surface area contributed by atoms with Gasteiger partial charge in [0.2, 0.25) is 0 Å². The van der Waals surface area contributed by atoms with Crippen LogP contribution in [0.1, 0.15) is 23.2 Å². The molecule has 0 bridgehead atoms. The number of amides is 1. The largest absolute Gasteiger partial charge is 0.370 e. The highest BCUT2D eigenvalue weighted by molar-refractivity contribution is 5.94. The summed E-state index contributed by atoms with van der Waals surface area (Å²) in [6.07, 6.45) is 2.09. The molecular formula is C14H20N4O. The SMILES string of the molecule is N=C(N)N1CCC[C@@H](CNC(=O)c2ccccc2)C1. The quantitative estimate of drug-likeness (QED) is 0.560. The standard InChI is InChI=1S/C14H20N4O/c15-14(16)18-8-4-5-11(10-18)9-17-13(19)12-6-2-1-3-7-12/h1-3,6-7,11H,4-5,8-10H2,(H3,15,16)(H,17,19)/t11-/m0/s1. The van der Waals surface area contributed by atoms with Crippen molar-refractivity contribution in [1.82, 2.24) is 10.2 Å². The van der Waals surface area contributed by atoms with E-state index in [1.54, 1.807) is 12.1 Å². The molecule has 0 aromatic heterocycles. The highest BCUT2D eigenvalue weighted by Crippen LogP contribution is 2.15. The van der Waals surface area contributed by atoms with E-state index in [0.29, 0.717) is 18.0 Å². The van der Waals surface area contributed by atoms with Crippen LogP contribution in [0, 0.1) is 11.3 Å². The number of nitrogens with two attached hydrogens (primary N) is 1. The predicted molar refractivity (Wildman–Crippen MR) is 75.0 cm³/mol.